The molecule has 0 spiro atoms. The topological polar surface area (TPSA) is 99.1 Å². The van der Waals surface area contributed by atoms with Crippen LogP contribution in [0.3, 0.4) is 0 Å². The number of hydrogen-bond acceptors (Lipinski definition) is 5. The van der Waals surface area contributed by atoms with Crippen molar-refractivity contribution in [2.24, 2.45) is 0 Å². The largest absolute Gasteiger partial charge is 0.461 e. The molecule has 2 aliphatic carbocycles. The number of hydrogen-bond donors (Lipinski definition) is 1. The van der Waals surface area contributed by atoms with E-state index in [9.17, 15) is 13.2 Å². The summed E-state index contributed by atoms with van der Waals surface area (Å²) in [5.74, 6) is 1.03. The van der Waals surface area contributed by atoms with Gasteiger partial charge in [0.1, 0.15) is 0 Å². The summed E-state index contributed by atoms with van der Waals surface area (Å²) in [7, 11) is -3.65. The molecule has 0 bridgehead atoms. The molecule has 30 heavy (non-hydrogen) atoms. The molecule has 0 radical (unpaired) electrons. The molecule has 3 aromatic rings. The van der Waals surface area contributed by atoms with Gasteiger partial charge in [0.2, 0.25) is 15.8 Å². The molecular formula is C21H24N4O4S. The summed E-state index contributed by atoms with van der Waals surface area (Å²) in [4.78, 5) is 13.1. The first-order valence-corrected chi connectivity index (χ1v) is 11.9. The molecule has 0 atom stereocenters. The van der Waals surface area contributed by atoms with Gasteiger partial charge in [-0.1, -0.05) is 6.07 Å². The zero-order chi connectivity index (χ0) is 20.7. The zero-order valence-corrected chi connectivity index (χ0v) is 17.4. The molecular weight excluding hydrogens is 404 g/mol. The highest BCUT2D eigenvalue weighted by Gasteiger charge is 2.31. The number of furan rings is 1. The van der Waals surface area contributed by atoms with Crippen LogP contribution in [0, 0.1) is 0 Å². The number of nitrogens with one attached hydrogen (secondary N) is 1. The van der Waals surface area contributed by atoms with Gasteiger partial charge < -0.3 is 4.42 Å². The lowest BCUT2D eigenvalue weighted by Gasteiger charge is -2.16. The van der Waals surface area contributed by atoms with E-state index in [-0.39, 0.29) is 29.7 Å². The zero-order valence-electron chi connectivity index (χ0n) is 16.6. The van der Waals surface area contributed by atoms with Crippen molar-refractivity contribution in [3.05, 3.63) is 58.2 Å². The standard InChI is InChI=1S/C21H24N4O4S/c26-21-24(23-20(19-6-3-13-29-19)25(21)17-8-9-17)12-11-22-30(27,28)18-10-7-15-4-1-2-5-16(15)14-18/h3,6-7,10,13-14,17,22H,1-2,4-5,8-9,11-12H2. The van der Waals surface area contributed by atoms with Crippen LogP contribution in [0.4, 0.5) is 0 Å². The Morgan fingerprint density at radius 1 is 1.13 bits per heavy atom. The van der Waals surface area contributed by atoms with E-state index in [1.165, 1.54) is 10.2 Å². The van der Waals surface area contributed by atoms with E-state index in [1.807, 2.05) is 6.07 Å². The SMILES string of the molecule is O=c1n(CCNS(=O)(=O)c2ccc3c(c2)CCCC3)nc(-c2ccco2)n1C1CC1. The van der Waals surface area contributed by atoms with Crippen molar-refractivity contribution in [1.82, 2.24) is 19.1 Å². The van der Waals surface area contributed by atoms with Gasteiger partial charge in [0.15, 0.2) is 5.76 Å². The first kappa shape index (κ1) is 19.3. The van der Waals surface area contributed by atoms with Crippen molar-refractivity contribution in [1.29, 1.82) is 0 Å². The molecule has 1 saturated carbocycles. The smallest absolute Gasteiger partial charge is 0.346 e. The van der Waals surface area contributed by atoms with E-state index in [2.05, 4.69) is 9.82 Å². The predicted octanol–water partition coefficient (Wildman–Crippen LogP) is 2.50. The van der Waals surface area contributed by atoms with Gasteiger partial charge in [-0.05, 0) is 73.9 Å². The third-order valence-corrected chi connectivity index (χ3v) is 7.23. The van der Waals surface area contributed by atoms with Gasteiger partial charge >= 0.3 is 5.69 Å². The Morgan fingerprint density at radius 3 is 2.67 bits per heavy atom. The summed E-state index contributed by atoms with van der Waals surface area (Å²) in [6.07, 6.45) is 7.58. The van der Waals surface area contributed by atoms with E-state index in [4.69, 9.17) is 4.42 Å². The summed E-state index contributed by atoms with van der Waals surface area (Å²) in [6.45, 7) is 0.231. The Morgan fingerprint density at radius 2 is 1.93 bits per heavy atom. The lowest BCUT2D eigenvalue weighted by molar-refractivity contribution is 0.546. The minimum atomic E-state index is -3.65. The molecule has 5 rings (SSSR count). The van der Waals surface area contributed by atoms with Gasteiger partial charge in [0, 0.05) is 12.6 Å². The Kier molecular flexibility index (Phi) is 4.86. The molecule has 158 valence electrons. The maximum Gasteiger partial charge on any atom is 0.346 e. The van der Waals surface area contributed by atoms with Crippen molar-refractivity contribution in [2.75, 3.05) is 6.54 Å². The van der Waals surface area contributed by atoms with Crippen molar-refractivity contribution in [3.8, 4) is 11.6 Å². The fourth-order valence-electron chi connectivity index (χ4n) is 4.05. The van der Waals surface area contributed by atoms with Gasteiger partial charge in [-0.15, -0.1) is 5.10 Å². The van der Waals surface area contributed by atoms with Gasteiger partial charge in [-0.3, -0.25) is 4.57 Å². The third kappa shape index (κ3) is 3.63. The quantitative estimate of drug-likeness (QED) is 0.623. The second-order valence-corrected chi connectivity index (χ2v) is 9.71. The Bertz CT molecular complexity index is 1220. The molecule has 2 aromatic heterocycles. The second kappa shape index (κ2) is 7.55. The lowest BCUT2D eigenvalue weighted by Crippen LogP contribution is -2.32. The molecule has 0 unspecified atom stereocenters. The number of aromatic nitrogens is 3. The molecule has 0 amide bonds. The van der Waals surface area contributed by atoms with Crippen LogP contribution in [-0.4, -0.2) is 29.3 Å². The minimum absolute atomic E-state index is 0.0819. The van der Waals surface area contributed by atoms with Crippen molar-refractivity contribution in [3.63, 3.8) is 0 Å². The summed E-state index contributed by atoms with van der Waals surface area (Å²) < 4.78 is 36.5. The van der Waals surface area contributed by atoms with E-state index in [1.54, 1.807) is 35.1 Å². The molecule has 9 heteroatoms. The maximum absolute atomic E-state index is 12.8. The van der Waals surface area contributed by atoms with Crippen LogP contribution in [0.2, 0.25) is 0 Å². The predicted molar refractivity (Wildman–Crippen MR) is 111 cm³/mol. The van der Waals surface area contributed by atoms with Crippen LogP contribution in [0.15, 0.2) is 50.7 Å². The van der Waals surface area contributed by atoms with Gasteiger partial charge in [-0.2, -0.15) is 0 Å². The van der Waals surface area contributed by atoms with Crippen molar-refractivity contribution in [2.45, 2.75) is 56.0 Å². The molecule has 2 heterocycles. The van der Waals surface area contributed by atoms with Crippen LogP contribution in [-0.2, 0) is 29.4 Å². The number of fused-ring (bicyclic) bond motifs is 1. The van der Waals surface area contributed by atoms with Gasteiger partial charge in [-0.25, -0.2) is 22.6 Å². The van der Waals surface area contributed by atoms with Crippen LogP contribution in [0.5, 0.6) is 0 Å². The summed E-state index contributed by atoms with van der Waals surface area (Å²) >= 11 is 0. The molecule has 0 aliphatic heterocycles. The lowest BCUT2D eigenvalue weighted by atomic mass is 9.92. The van der Waals surface area contributed by atoms with Crippen LogP contribution in [0.1, 0.15) is 42.9 Å². The molecule has 8 nitrogen and oxygen atoms in total. The average Bonchev–Trinajstić information content (AvgIpc) is 3.32. The highest BCUT2D eigenvalue weighted by atomic mass is 32.2. The van der Waals surface area contributed by atoms with E-state index in [0.29, 0.717) is 11.6 Å². The van der Waals surface area contributed by atoms with Gasteiger partial charge in [0.25, 0.3) is 0 Å². The first-order valence-electron chi connectivity index (χ1n) is 10.4. The second-order valence-electron chi connectivity index (χ2n) is 7.94. The fourth-order valence-corrected chi connectivity index (χ4v) is 5.12. The monoisotopic (exact) mass is 428 g/mol. The highest BCUT2D eigenvalue weighted by Crippen LogP contribution is 2.36. The number of rotatable bonds is 7. The Balaban J connectivity index is 1.32. The van der Waals surface area contributed by atoms with E-state index < -0.39 is 10.0 Å². The summed E-state index contributed by atoms with van der Waals surface area (Å²) in [5, 5.41) is 4.40. The average molecular weight is 429 g/mol. The van der Waals surface area contributed by atoms with Crippen LogP contribution < -0.4 is 10.4 Å². The van der Waals surface area contributed by atoms with Gasteiger partial charge in [0.05, 0.1) is 17.7 Å². The third-order valence-electron chi connectivity index (χ3n) is 5.77. The van der Waals surface area contributed by atoms with Crippen LogP contribution >= 0.6 is 0 Å². The Hall–Kier alpha value is -2.65. The van der Waals surface area contributed by atoms with Crippen molar-refractivity contribution >= 4 is 10.0 Å². The maximum atomic E-state index is 12.8. The molecule has 0 saturated heterocycles. The fraction of sp³-hybridized carbons (Fsp3) is 0.429. The summed E-state index contributed by atoms with van der Waals surface area (Å²) in [5.41, 5.74) is 2.12. The molecule has 2 aliphatic rings. The number of aryl methyl sites for hydroxylation is 2. The van der Waals surface area contributed by atoms with E-state index in [0.717, 1.165) is 44.1 Å². The van der Waals surface area contributed by atoms with E-state index >= 15 is 0 Å². The number of benzene rings is 1. The van der Waals surface area contributed by atoms with Crippen molar-refractivity contribution < 1.29 is 12.8 Å². The molecule has 1 N–H and O–H groups in total. The first-order chi connectivity index (χ1) is 14.5. The Labute approximate surface area is 174 Å². The number of nitrogens with zero attached hydrogens (tertiary/aromatic N) is 3. The van der Waals surface area contributed by atoms with Crippen LogP contribution in [0.25, 0.3) is 11.6 Å². The number of sulfonamides is 1. The molecule has 1 fully saturated rings. The minimum Gasteiger partial charge on any atom is -0.461 e. The normalized spacial score (nSPS) is 16.5. The summed E-state index contributed by atoms with van der Waals surface area (Å²) in [6, 6.07) is 9.01. The highest BCUT2D eigenvalue weighted by molar-refractivity contribution is 7.89. The molecule has 1 aromatic carbocycles.